The standard InChI is InChI=1S/C23H18BrNO/c1-15-3-5-16(6-4-15)20-10-9-19(26-2)14-21(20)23-11-7-17-13-18(24)8-12-22(17)25-23/h3-14H,1-2H3. The number of pyridine rings is 1. The lowest BCUT2D eigenvalue weighted by Crippen LogP contribution is -1.92. The minimum Gasteiger partial charge on any atom is -0.497 e. The average molecular weight is 404 g/mol. The molecule has 1 aromatic heterocycles. The molecule has 0 unspecified atom stereocenters. The van der Waals surface area contributed by atoms with E-state index in [2.05, 4.69) is 77.5 Å². The molecule has 0 bridgehead atoms. The number of hydrogen-bond donors (Lipinski definition) is 0. The third kappa shape index (κ3) is 3.23. The van der Waals surface area contributed by atoms with E-state index in [1.165, 1.54) is 11.1 Å². The van der Waals surface area contributed by atoms with Gasteiger partial charge in [0.1, 0.15) is 5.75 Å². The highest BCUT2D eigenvalue weighted by Crippen LogP contribution is 2.35. The van der Waals surface area contributed by atoms with Gasteiger partial charge in [0.05, 0.1) is 18.3 Å². The van der Waals surface area contributed by atoms with Crippen molar-refractivity contribution in [1.29, 1.82) is 0 Å². The molecule has 0 radical (unpaired) electrons. The van der Waals surface area contributed by atoms with E-state index in [-0.39, 0.29) is 0 Å². The first-order valence-electron chi connectivity index (χ1n) is 8.46. The number of fused-ring (bicyclic) bond motifs is 1. The van der Waals surface area contributed by atoms with Crippen molar-refractivity contribution in [3.05, 3.63) is 82.8 Å². The van der Waals surface area contributed by atoms with Crippen molar-refractivity contribution >= 4 is 26.8 Å². The molecule has 0 spiro atoms. The fourth-order valence-corrected chi connectivity index (χ4v) is 3.47. The number of ether oxygens (including phenoxy) is 1. The number of aromatic nitrogens is 1. The predicted molar refractivity (Wildman–Crippen MR) is 112 cm³/mol. The molecule has 0 saturated heterocycles. The van der Waals surface area contributed by atoms with Crippen LogP contribution in [-0.2, 0) is 0 Å². The summed E-state index contributed by atoms with van der Waals surface area (Å²) in [6.07, 6.45) is 0. The van der Waals surface area contributed by atoms with Crippen LogP contribution < -0.4 is 4.74 Å². The highest BCUT2D eigenvalue weighted by atomic mass is 79.9. The van der Waals surface area contributed by atoms with Crippen molar-refractivity contribution in [2.45, 2.75) is 6.92 Å². The number of benzene rings is 3. The van der Waals surface area contributed by atoms with Crippen molar-refractivity contribution in [3.8, 4) is 28.1 Å². The lowest BCUT2D eigenvalue weighted by atomic mass is 9.96. The Morgan fingerprint density at radius 3 is 2.38 bits per heavy atom. The minimum absolute atomic E-state index is 0.827. The number of nitrogens with zero attached hydrogens (tertiary/aromatic N) is 1. The average Bonchev–Trinajstić information content (AvgIpc) is 2.68. The topological polar surface area (TPSA) is 22.1 Å². The highest BCUT2D eigenvalue weighted by Gasteiger charge is 2.11. The second-order valence-electron chi connectivity index (χ2n) is 6.31. The van der Waals surface area contributed by atoms with Gasteiger partial charge in [0.15, 0.2) is 0 Å². The molecular formula is C23H18BrNO. The smallest absolute Gasteiger partial charge is 0.119 e. The van der Waals surface area contributed by atoms with Gasteiger partial charge >= 0.3 is 0 Å². The van der Waals surface area contributed by atoms with Crippen molar-refractivity contribution in [1.82, 2.24) is 4.98 Å². The molecule has 26 heavy (non-hydrogen) atoms. The molecular weight excluding hydrogens is 386 g/mol. The Morgan fingerprint density at radius 2 is 1.62 bits per heavy atom. The summed E-state index contributed by atoms with van der Waals surface area (Å²) >= 11 is 3.52. The second-order valence-corrected chi connectivity index (χ2v) is 7.23. The molecule has 0 atom stereocenters. The van der Waals surface area contributed by atoms with Gasteiger partial charge in [0.2, 0.25) is 0 Å². The molecule has 1 heterocycles. The molecule has 4 aromatic rings. The maximum atomic E-state index is 5.46. The zero-order valence-electron chi connectivity index (χ0n) is 14.7. The van der Waals surface area contributed by atoms with Crippen LogP contribution >= 0.6 is 15.9 Å². The van der Waals surface area contributed by atoms with Crippen LogP contribution in [0.3, 0.4) is 0 Å². The fourth-order valence-electron chi connectivity index (χ4n) is 3.09. The minimum atomic E-state index is 0.827. The Morgan fingerprint density at radius 1 is 0.808 bits per heavy atom. The Hall–Kier alpha value is -2.65. The van der Waals surface area contributed by atoms with E-state index >= 15 is 0 Å². The summed E-state index contributed by atoms with van der Waals surface area (Å²) in [7, 11) is 1.69. The monoisotopic (exact) mass is 403 g/mol. The number of hydrogen-bond acceptors (Lipinski definition) is 2. The van der Waals surface area contributed by atoms with Gasteiger partial charge in [-0.1, -0.05) is 57.9 Å². The predicted octanol–water partition coefficient (Wildman–Crippen LogP) is 6.65. The van der Waals surface area contributed by atoms with E-state index < -0.39 is 0 Å². The van der Waals surface area contributed by atoms with E-state index in [1.54, 1.807) is 7.11 Å². The molecule has 3 aromatic carbocycles. The largest absolute Gasteiger partial charge is 0.497 e. The molecule has 0 amide bonds. The van der Waals surface area contributed by atoms with E-state index in [1.807, 2.05) is 18.2 Å². The summed E-state index contributed by atoms with van der Waals surface area (Å²) in [5, 5.41) is 1.11. The van der Waals surface area contributed by atoms with E-state index in [0.717, 1.165) is 37.9 Å². The van der Waals surface area contributed by atoms with Crippen molar-refractivity contribution < 1.29 is 4.74 Å². The van der Waals surface area contributed by atoms with Crippen LogP contribution in [0.4, 0.5) is 0 Å². The van der Waals surface area contributed by atoms with Gasteiger partial charge in [-0.2, -0.15) is 0 Å². The van der Waals surface area contributed by atoms with E-state index in [9.17, 15) is 0 Å². The Kier molecular flexibility index (Phi) is 4.48. The normalized spacial score (nSPS) is 10.9. The lowest BCUT2D eigenvalue weighted by Gasteiger charge is -2.13. The maximum absolute atomic E-state index is 5.46. The fraction of sp³-hybridized carbons (Fsp3) is 0.0870. The zero-order valence-corrected chi connectivity index (χ0v) is 16.2. The molecule has 0 saturated carbocycles. The Balaban J connectivity index is 1.91. The van der Waals surface area contributed by atoms with Gasteiger partial charge in [-0.05, 0) is 54.4 Å². The SMILES string of the molecule is COc1ccc(-c2ccc(C)cc2)c(-c2ccc3cc(Br)ccc3n2)c1. The molecule has 128 valence electrons. The highest BCUT2D eigenvalue weighted by molar-refractivity contribution is 9.10. The quantitative estimate of drug-likeness (QED) is 0.382. The van der Waals surface area contributed by atoms with Crippen LogP contribution in [0, 0.1) is 6.92 Å². The van der Waals surface area contributed by atoms with Gasteiger partial charge in [0.25, 0.3) is 0 Å². The number of halogens is 1. The lowest BCUT2D eigenvalue weighted by molar-refractivity contribution is 0.415. The second kappa shape index (κ2) is 6.93. The van der Waals surface area contributed by atoms with Crippen LogP contribution in [0.5, 0.6) is 5.75 Å². The van der Waals surface area contributed by atoms with Crippen molar-refractivity contribution in [2.24, 2.45) is 0 Å². The molecule has 0 aliphatic heterocycles. The summed E-state index contributed by atoms with van der Waals surface area (Å²) in [5.41, 5.74) is 6.55. The van der Waals surface area contributed by atoms with Gasteiger partial charge in [-0.25, -0.2) is 4.98 Å². The number of rotatable bonds is 3. The van der Waals surface area contributed by atoms with E-state index in [4.69, 9.17) is 9.72 Å². The molecule has 0 aliphatic rings. The summed E-state index contributed by atoms with van der Waals surface area (Å²) in [4.78, 5) is 4.89. The number of methoxy groups -OCH3 is 1. The summed E-state index contributed by atoms with van der Waals surface area (Å²) in [6, 6.07) is 25.0. The first-order chi connectivity index (χ1) is 12.6. The first-order valence-corrected chi connectivity index (χ1v) is 9.25. The molecule has 0 fully saturated rings. The van der Waals surface area contributed by atoms with Gasteiger partial charge in [-0.15, -0.1) is 0 Å². The first kappa shape index (κ1) is 16.8. The van der Waals surface area contributed by atoms with Gasteiger partial charge in [0, 0.05) is 15.4 Å². The summed E-state index contributed by atoms with van der Waals surface area (Å²) in [6.45, 7) is 2.10. The molecule has 0 aliphatic carbocycles. The molecule has 0 N–H and O–H groups in total. The molecule has 2 nitrogen and oxygen atoms in total. The van der Waals surface area contributed by atoms with Gasteiger partial charge in [-0.3, -0.25) is 0 Å². The third-order valence-electron chi connectivity index (χ3n) is 4.52. The number of aryl methyl sites for hydroxylation is 1. The van der Waals surface area contributed by atoms with Crippen LogP contribution in [-0.4, -0.2) is 12.1 Å². The van der Waals surface area contributed by atoms with Crippen LogP contribution in [0.25, 0.3) is 33.3 Å². The van der Waals surface area contributed by atoms with Gasteiger partial charge < -0.3 is 4.74 Å². The van der Waals surface area contributed by atoms with E-state index in [0.29, 0.717) is 0 Å². The van der Waals surface area contributed by atoms with Crippen LogP contribution in [0.15, 0.2) is 77.3 Å². The summed E-state index contributed by atoms with van der Waals surface area (Å²) in [5.74, 6) is 0.827. The Labute approximate surface area is 161 Å². The zero-order chi connectivity index (χ0) is 18.1. The van der Waals surface area contributed by atoms with Crippen LogP contribution in [0.1, 0.15) is 5.56 Å². The molecule has 3 heteroatoms. The third-order valence-corrected chi connectivity index (χ3v) is 5.01. The summed E-state index contributed by atoms with van der Waals surface area (Å²) < 4.78 is 6.51. The maximum Gasteiger partial charge on any atom is 0.119 e. The molecule has 4 rings (SSSR count). The van der Waals surface area contributed by atoms with Crippen LogP contribution in [0.2, 0.25) is 0 Å². The van der Waals surface area contributed by atoms with Crippen molar-refractivity contribution in [3.63, 3.8) is 0 Å². The van der Waals surface area contributed by atoms with Crippen molar-refractivity contribution in [2.75, 3.05) is 7.11 Å². The Bertz CT molecular complexity index is 1090.